The largest absolute Gasteiger partial charge is 0.340 e. The van der Waals surface area contributed by atoms with Crippen molar-refractivity contribution in [2.45, 2.75) is 6.92 Å². The van der Waals surface area contributed by atoms with E-state index in [1.807, 2.05) is 42.2 Å². The predicted molar refractivity (Wildman–Crippen MR) is 86.3 cm³/mol. The Morgan fingerprint density at radius 3 is 2.41 bits per heavy atom. The average molecular weight is 304 g/mol. The Hall–Kier alpha value is -1.92. The summed E-state index contributed by atoms with van der Waals surface area (Å²) in [5, 5.41) is 2.87. The summed E-state index contributed by atoms with van der Waals surface area (Å²) in [6, 6.07) is 9.41. The van der Waals surface area contributed by atoms with Gasteiger partial charge in [0.25, 0.3) is 0 Å². The number of rotatable bonds is 5. The molecule has 3 N–H and O–H groups in total. The van der Waals surface area contributed by atoms with Gasteiger partial charge in [0, 0.05) is 44.3 Å². The van der Waals surface area contributed by atoms with Crippen LogP contribution in [-0.4, -0.2) is 60.9 Å². The maximum atomic E-state index is 12.0. The lowest BCUT2D eigenvalue weighted by Gasteiger charge is -2.35. The second kappa shape index (κ2) is 7.91. The van der Waals surface area contributed by atoms with Gasteiger partial charge >= 0.3 is 0 Å². The van der Waals surface area contributed by atoms with E-state index in [0.717, 1.165) is 5.69 Å². The Morgan fingerprint density at radius 1 is 1.18 bits per heavy atom. The highest BCUT2D eigenvalue weighted by Crippen LogP contribution is 2.08. The van der Waals surface area contributed by atoms with Crippen molar-refractivity contribution in [1.82, 2.24) is 9.80 Å². The SMILES string of the molecule is CC(CN)C(=O)N1CCN(CC(=O)Nc2ccccc2)CC1. The maximum Gasteiger partial charge on any atom is 0.238 e. The molecule has 0 radical (unpaired) electrons. The molecule has 2 rings (SSSR count). The zero-order valence-electron chi connectivity index (χ0n) is 13.0. The van der Waals surface area contributed by atoms with Crippen LogP contribution in [0, 0.1) is 5.92 Å². The summed E-state index contributed by atoms with van der Waals surface area (Å²) in [7, 11) is 0. The van der Waals surface area contributed by atoms with E-state index in [0.29, 0.717) is 39.3 Å². The van der Waals surface area contributed by atoms with Crippen LogP contribution >= 0.6 is 0 Å². The summed E-state index contributed by atoms with van der Waals surface area (Å²) in [5.41, 5.74) is 6.34. The third kappa shape index (κ3) is 4.54. The molecule has 1 aromatic carbocycles. The molecule has 0 bridgehead atoms. The second-order valence-electron chi connectivity index (χ2n) is 5.65. The molecule has 1 atom stereocenters. The van der Waals surface area contributed by atoms with E-state index in [4.69, 9.17) is 5.73 Å². The van der Waals surface area contributed by atoms with E-state index < -0.39 is 0 Å². The normalized spacial score (nSPS) is 17.1. The highest BCUT2D eigenvalue weighted by Gasteiger charge is 2.24. The minimum absolute atomic E-state index is 0.0266. The highest BCUT2D eigenvalue weighted by atomic mass is 16.2. The van der Waals surface area contributed by atoms with Crippen LogP contribution in [0.4, 0.5) is 5.69 Å². The molecule has 0 aliphatic carbocycles. The van der Waals surface area contributed by atoms with Gasteiger partial charge in [0.1, 0.15) is 0 Å². The van der Waals surface area contributed by atoms with Gasteiger partial charge in [0.05, 0.1) is 6.54 Å². The van der Waals surface area contributed by atoms with Crippen molar-refractivity contribution in [1.29, 1.82) is 0 Å². The topological polar surface area (TPSA) is 78.7 Å². The van der Waals surface area contributed by atoms with Crippen LogP contribution in [0.5, 0.6) is 0 Å². The van der Waals surface area contributed by atoms with E-state index in [2.05, 4.69) is 10.2 Å². The number of carbonyl (C=O) groups excluding carboxylic acids is 2. The monoisotopic (exact) mass is 304 g/mol. The van der Waals surface area contributed by atoms with E-state index >= 15 is 0 Å². The number of para-hydroxylation sites is 1. The quantitative estimate of drug-likeness (QED) is 0.823. The van der Waals surface area contributed by atoms with Gasteiger partial charge in [-0.3, -0.25) is 14.5 Å². The van der Waals surface area contributed by atoms with Crippen molar-refractivity contribution < 1.29 is 9.59 Å². The van der Waals surface area contributed by atoms with Crippen LogP contribution in [0.1, 0.15) is 6.92 Å². The molecule has 120 valence electrons. The Morgan fingerprint density at radius 2 is 1.82 bits per heavy atom. The molecule has 1 heterocycles. The molecule has 1 aromatic rings. The maximum absolute atomic E-state index is 12.0. The van der Waals surface area contributed by atoms with E-state index in [1.165, 1.54) is 0 Å². The average Bonchev–Trinajstić information content (AvgIpc) is 2.55. The third-order valence-corrected chi connectivity index (χ3v) is 3.88. The molecule has 1 fully saturated rings. The predicted octanol–water partition coefficient (Wildman–Crippen LogP) is 0.364. The summed E-state index contributed by atoms with van der Waals surface area (Å²) in [6.45, 7) is 5.31. The van der Waals surface area contributed by atoms with Gasteiger partial charge in [-0.2, -0.15) is 0 Å². The second-order valence-corrected chi connectivity index (χ2v) is 5.65. The molecule has 0 saturated carbocycles. The molecule has 22 heavy (non-hydrogen) atoms. The molecule has 6 nitrogen and oxygen atoms in total. The molecule has 6 heteroatoms. The van der Waals surface area contributed by atoms with E-state index in [-0.39, 0.29) is 17.7 Å². The fraction of sp³-hybridized carbons (Fsp3) is 0.500. The molecule has 1 aliphatic rings. The minimum Gasteiger partial charge on any atom is -0.340 e. The first kappa shape index (κ1) is 16.5. The van der Waals surface area contributed by atoms with Crippen LogP contribution in [0.25, 0.3) is 0 Å². The van der Waals surface area contributed by atoms with Gasteiger partial charge in [-0.05, 0) is 12.1 Å². The molecule has 1 saturated heterocycles. The number of anilines is 1. The standard InChI is InChI=1S/C16H24N4O2/c1-13(11-17)16(22)20-9-7-19(8-10-20)12-15(21)18-14-5-3-2-4-6-14/h2-6,13H,7-12,17H2,1H3,(H,18,21). The molecular weight excluding hydrogens is 280 g/mol. The Labute approximate surface area is 131 Å². The Kier molecular flexibility index (Phi) is 5.91. The van der Waals surface area contributed by atoms with E-state index in [9.17, 15) is 9.59 Å². The number of nitrogens with one attached hydrogen (secondary N) is 1. The summed E-state index contributed by atoms with van der Waals surface area (Å²) in [6.07, 6.45) is 0. The fourth-order valence-corrected chi connectivity index (χ4v) is 2.46. The lowest BCUT2D eigenvalue weighted by molar-refractivity contribution is -0.136. The molecule has 2 amide bonds. The first-order valence-electron chi connectivity index (χ1n) is 7.66. The van der Waals surface area contributed by atoms with E-state index in [1.54, 1.807) is 0 Å². The lowest BCUT2D eigenvalue weighted by Crippen LogP contribution is -2.52. The zero-order valence-corrected chi connectivity index (χ0v) is 13.0. The zero-order chi connectivity index (χ0) is 15.9. The van der Waals surface area contributed by atoms with Gasteiger partial charge in [0.15, 0.2) is 0 Å². The molecular formula is C16H24N4O2. The van der Waals surface area contributed by atoms with Crippen molar-refractivity contribution in [2.75, 3.05) is 44.6 Å². The van der Waals surface area contributed by atoms with Crippen molar-refractivity contribution in [3.8, 4) is 0 Å². The molecule has 0 aromatic heterocycles. The number of nitrogens with two attached hydrogens (primary N) is 1. The summed E-state index contributed by atoms with van der Waals surface area (Å²) >= 11 is 0. The molecule has 0 spiro atoms. The highest BCUT2D eigenvalue weighted by molar-refractivity contribution is 5.92. The van der Waals surface area contributed by atoms with Crippen molar-refractivity contribution >= 4 is 17.5 Å². The lowest BCUT2D eigenvalue weighted by atomic mass is 10.1. The van der Waals surface area contributed by atoms with Crippen LogP contribution in [-0.2, 0) is 9.59 Å². The number of benzene rings is 1. The fourth-order valence-electron chi connectivity index (χ4n) is 2.46. The first-order chi connectivity index (χ1) is 10.6. The Balaban J connectivity index is 1.75. The van der Waals surface area contributed by atoms with Gasteiger partial charge in [-0.1, -0.05) is 25.1 Å². The Bertz CT molecular complexity index is 498. The number of piperazine rings is 1. The molecule has 1 unspecified atom stereocenters. The third-order valence-electron chi connectivity index (χ3n) is 3.88. The smallest absolute Gasteiger partial charge is 0.238 e. The number of carbonyl (C=O) groups is 2. The number of hydrogen-bond acceptors (Lipinski definition) is 4. The summed E-state index contributed by atoms with van der Waals surface area (Å²) < 4.78 is 0. The van der Waals surface area contributed by atoms with Crippen LogP contribution in [0.15, 0.2) is 30.3 Å². The minimum atomic E-state index is -0.132. The van der Waals surface area contributed by atoms with Crippen molar-refractivity contribution in [2.24, 2.45) is 11.7 Å². The van der Waals surface area contributed by atoms with Gasteiger partial charge in [-0.25, -0.2) is 0 Å². The van der Waals surface area contributed by atoms with Crippen molar-refractivity contribution in [3.63, 3.8) is 0 Å². The van der Waals surface area contributed by atoms with Crippen molar-refractivity contribution in [3.05, 3.63) is 30.3 Å². The van der Waals surface area contributed by atoms with Crippen LogP contribution in [0.2, 0.25) is 0 Å². The number of hydrogen-bond donors (Lipinski definition) is 2. The van der Waals surface area contributed by atoms with Gasteiger partial charge < -0.3 is 16.0 Å². The first-order valence-corrected chi connectivity index (χ1v) is 7.66. The molecule has 1 aliphatic heterocycles. The van der Waals surface area contributed by atoms with Crippen LogP contribution in [0.3, 0.4) is 0 Å². The van der Waals surface area contributed by atoms with Gasteiger partial charge in [0.2, 0.25) is 11.8 Å². The van der Waals surface area contributed by atoms with Crippen LogP contribution < -0.4 is 11.1 Å². The summed E-state index contributed by atoms with van der Waals surface area (Å²) in [5.74, 6) is -0.0508. The summed E-state index contributed by atoms with van der Waals surface area (Å²) in [4.78, 5) is 27.9. The van der Waals surface area contributed by atoms with Gasteiger partial charge in [-0.15, -0.1) is 0 Å². The number of nitrogens with zero attached hydrogens (tertiary/aromatic N) is 2. The number of amides is 2.